The van der Waals surface area contributed by atoms with Gasteiger partial charge in [-0.3, -0.25) is 0 Å². The highest BCUT2D eigenvalue weighted by atomic mass is 32.2. The lowest BCUT2D eigenvalue weighted by atomic mass is 10.1. The number of nitrogens with two attached hydrogens (primary N) is 1. The van der Waals surface area contributed by atoms with Gasteiger partial charge in [0, 0.05) is 12.3 Å². The van der Waals surface area contributed by atoms with Crippen LogP contribution in [0.2, 0.25) is 0 Å². The average Bonchev–Trinajstić information content (AvgIpc) is 2.66. The van der Waals surface area contributed by atoms with Crippen molar-refractivity contribution in [3.63, 3.8) is 0 Å². The van der Waals surface area contributed by atoms with E-state index in [0.717, 1.165) is 18.7 Å². The van der Waals surface area contributed by atoms with Crippen molar-refractivity contribution in [3.8, 4) is 0 Å². The molecule has 0 bridgehead atoms. The zero-order valence-corrected chi connectivity index (χ0v) is 11.3. The van der Waals surface area contributed by atoms with E-state index in [9.17, 15) is 8.42 Å². The number of rotatable bonds is 3. The molecular weight excluding hydrogens is 252 g/mol. The lowest BCUT2D eigenvalue weighted by molar-refractivity contribution is 0.121. The van der Waals surface area contributed by atoms with Crippen LogP contribution in [-0.2, 0) is 14.8 Å². The van der Waals surface area contributed by atoms with E-state index in [4.69, 9.17) is 9.88 Å². The topological polar surface area (TPSA) is 81.4 Å². The lowest BCUT2D eigenvalue weighted by Gasteiger charge is -2.19. The van der Waals surface area contributed by atoms with Gasteiger partial charge in [0.05, 0.1) is 17.0 Å². The molecule has 0 spiro atoms. The van der Waals surface area contributed by atoms with E-state index in [2.05, 4.69) is 5.32 Å². The fraction of sp³-hybridized carbons (Fsp3) is 0.500. The van der Waals surface area contributed by atoms with E-state index in [1.165, 1.54) is 6.07 Å². The van der Waals surface area contributed by atoms with Gasteiger partial charge >= 0.3 is 0 Å². The van der Waals surface area contributed by atoms with E-state index in [1.54, 1.807) is 13.0 Å². The number of benzene rings is 1. The van der Waals surface area contributed by atoms with Crippen molar-refractivity contribution in [1.29, 1.82) is 0 Å². The number of hydrogen-bond acceptors (Lipinski definition) is 4. The largest absolute Gasteiger partial charge is 0.379 e. The molecule has 0 radical (unpaired) electrons. The van der Waals surface area contributed by atoms with Gasteiger partial charge in [0.1, 0.15) is 0 Å². The standard InChI is InChI=1S/C12H18N2O3S/c1-8-10(14-11-6-7-17-9(11)2)4-3-5-12(8)18(13,15)16/h3-5,9,11,14H,6-7H2,1-2H3,(H2,13,15,16). The van der Waals surface area contributed by atoms with Crippen LogP contribution in [0, 0.1) is 6.92 Å². The summed E-state index contributed by atoms with van der Waals surface area (Å²) in [5, 5.41) is 8.51. The van der Waals surface area contributed by atoms with Gasteiger partial charge in [-0.2, -0.15) is 0 Å². The van der Waals surface area contributed by atoms with Crippen molar-refractivity contribution >= 4 is 15.7 Å². The Morgan fingerprint density at radius 1 is 1.44 bits per heavy atom. The van der Waals surface area contributed by atoms with Crippen LogP contribution in [0.25, 0.3) is 0 Å². The molecule has 1 aliphatic heterocycles. The Hall–Kier alpha value is -1.11. The number of nitrogens with one attached hydrogen (secondary N) is 1. The predicted molar refractivity (Wildman–Crippen MR) is 70.0 cm³/mol. The molecule has 6 heteroatoms. The quantitative estimate of drug-likeness (QED) is 0.865. The molecule has 1 heterocycles. The molecule has 0 aromatic heterocycles. The predicted octanol–water partition coefficient (Wildman–Crippen LogP) is 1.23. The van der Waals surface area contributed by atoms with Gasteiger partial charge in [-0.1, -0.05) is 6.07 Å². The van der Waals surface area contributed by atoms with Crippen LogP contribution in [0.5, 0.6) is 0 Å². The Kier molecular flexibility index (Phi) is 3.61. The SMILES string of the molecule is Cc1c(NC2CCOC2C)cccc1S(N)(=O)=O. The summed E-state index contributed by atoms with van der Waals surface area (Å²) in [6.07, 6.45) is 1.04. The molecular formula is C12H18N2O3S. The summed E-state index contributed by atoms with van der Waals surface area (Å²) in [4.78, 5) is 0.166. The first-order valence-corrected chi connectivity index (χ1v) is 7.45. The summed E-state index contributed by atoms with van der Waals surface area (Å²) in [5.74, 6) is 0. The van der Waals surface area contributed by atoms with Crippen LogP contribution >= 0.6 is 0 Å². The van der Waals surface area contributed by atoms with E-state index in [-0.39, 0.29) is 17.0 Å². The second-order valence-corrected chi connectivity index (χ2v) is 6.12. The highest BCUT2D eigenvalue weighted by Gasteiger charge is 2.25. The molecule has 1 aliphatic rings. The number of ether oxygens (including phenoxy) is 1. The van der Waals surface area contributed by atoms with Gasteiger partial charge < -0.3 is 10.1 Å². The van der Waals surface area contributed by atoms with Crippen molar-refractivity contribution in [3.05, 3.63) is 23.8 Å². The average molecular weight is 270 g/mol. The maximum absolute atomic E-state index is 11.4. The minimum atomic E-state index is -3.67. The number of anilines is 1. The molecule has 5 nitrogen and oxygen atoms in total. The summed E-state index contributed by atoms with van der Waals surface area (Å²) in [5.41, 5.74) is 1.45. The Labute approximate surface area is 107 Å². The third-order valence-corrected chi connectivity index (χ3v) is 4.36. The molecule has 18 heavy (non-hydrogen) atoms. The Bertz CT molecular complexity index is 542. The summed E-state index contributed by atoms with van der Waals surface area (Å²) in [7, 11) is -3.67. The summed E-state index contributed by atoms with van der Waals surface area (Å²) < 4.78 is 28.3. The first kappa shape index (κ1) is 13.3. The molecule has 1 aromatic carbocycles. The van der Waals surface area contributed by atoms with Crippen LogP contribution in [0.3, 0.4) is 0 Å². The Morgan fingerprint density at radius 2 is 2.17 bits per heavy atom. The van der Waals surface area contributed by atoms with Gasteiger partial charge in [0.15, 0.2) is 0 Å². The van der Waals surface area contributed by atoms with Crippen LogP contribution in [-0.4, -0.2) is 27.2 Å². The normalized spacial score (nSPS) is 24.2. The van der Waals surface area contributed by atoms with Crippen LogP contribution in [0.4, 0.5) is 5.69 Å². The fourth-order valence-corrected chi connectivity index (χ4v) is 3.01. The van der Waals surface area contributed by atoms with Crippen LogP contribution < -0.4 is 10.5 Å². The molecule has 1 aromatic rings. The molecule has 2 rings (SSSR count). The smallest absolute Gasteiger partial charge is 0.238 e. The van der Waals surface area contributed by atoms with E-state index < -0.39 is 10.0 Å². The summed E-state index contributed by atoms with van der Waals surface area (Å²) in [6.45, 7) is 4.48. The first-order chi connectivity index (χ1) is 8.39. The molecule has 2 atom stereocenters. The second-order valence-electron chi connectivity index (χ2n) is 4.59. The summed E-state index contributed by atoms with van der Waals surface area (Å²) in [6, 6.07) is 5.27. The van der Waals surface area contributed by atoms with Crippen molar-refractivity contribution in [2.45, 2.75) is 37.3 Å². The van der Waals surface area contributed by atoms with Crippen LogP contribution in [0.15, 0.2) is 23.1 Å². The van der Waals surface area contributed by atoms with Crippen molar-refractivity contribution in [2.24, 2.45) is 5.14 Å². The molecule has 1 fully saturated rings. The monoisotopic (exact) mass is 270 g/mol. The third kappa shape index (κ3) is 2.66. The first-order valence-electron chi connectivity index (χ1n) is 5.90. The van der Waals surface area contributed by atoms with Gasteiger partial charge in [-0.05, 0) is 38.0 Å². The second kappa shape index (κ2) is 4.87. The van der Waals surface area contributed by atoms with Crippen LogP contribution in [0.1, 0.15) is 18.9 Å². The van der Waals surface area contributed by atoms with Gasteiger partial charge in [-0.25, -0.2) is 13.6 Å². The number of primary sulfonamides is 1. The van der Waals surface area contributed by atoms with E-state index in [1.807, 2.05) is 13.0 Å². The van der Waals surface area contributed by atoms with Gasteiger partial charge in [0.25, 0.3) is 0 Å². The molecule has 0 aliphatic carbocycles. The molecule has 0 saturated carbocycles. The van der Waals surface area contributed by atoms with Gasteiger partial charge in [-0.15, -0.1) is 0 Å². The highest BCUT2D eigenvalue weighted by molar-refractivity contribution is 7.89. The van der Waals surface area contributed by atoms with E-state index >= 15 is 0 Å². The third-order valence-electron chi connectivity index (χ3n) is 3.31. The fourth-order valence-electron chi connectivity index (χ4n) is 2.20. The van der Waals surface area contributed by atoms with Gasteiger partial charge in [0.2, 0.25) is 10.0 Å². The van der Waals surface area contributed by atoms with Crippen molar-refractivity contribution in [1.82, 2.24) is 0 Å². The Morgan fingerprint density at radius 3 is 2.72 bits per heavy atom. The molecule has 0 amide bonds. The minimum Gasteiger partial charge on any atom is -0.379 e. The Balaban J connectivity index is 2.29. The number of hydrogen-bond donors (Lipinski definition) is 2. The number of sulfonamides is 1. The molecule has 1 saturated heterocycles. The lowest BCUT2D eigenvalue weighted by Crippen LogP contribution is -2.27. The zero-order valence-electron chi connectivity index (χ0n) is 10.5. The maximum atomic E-state index is 11.4. The molecule has 100 valence electrons. The molecule has 3 N–H and O–H groups in total. The zero-order chi connectivity index (χ0) is 13.3. The van der Waals surface area contributed by atoms with E-state index in [0.29, 0.717) is 5.56 Å². The summed E-state index contributed by atoms with van der Waals surface area (Å²) >= 11 is 0. The highest BCUT2D eigenvalue weighted by Crippen LogP contribution is 2.25. The minimum absolute atomic E-state index is 0.127. The maximum Gasteiger partial charge on any atom is 0.238 e. The van der Waals surface area contributed by atoms with Crippen molar-refractivity contribution < 1.29 is 13.2 Å². The van der Waals surface area contributed by atoms with Crippen molar-refractivity contribution in [2.75, 3.05) is 11.9 Å². The molecule has 2 unspecified atom stereocenters.